The number of pyridine rings is 1. The lowest BCUT2D eigenvalue weighted by Gasteiger charge is -2.37. The molecule has 0 aliphatic carbocycles. The van der Waals surface area contributed by atoms with E-state index < -0.39 is 32.8 Å². The molecule has 0 saturated carbocycles. The summed E-state index contributed by atoms with van der Waals surface area (Å²) in [6.07, 6.45) is 7.64. The van der Waals surface area contributed by atoms with Gasteiger partial charge in [0, 0.05) is 61.5 Å². The van der Waals surface area contributed by atoms with Crippen LogP contribution in [0, 0.1) is 11.6 Å². The number of sulfone groups is 1. The Balaban J connectivity index is 1.51. The molecule has 0 radical (unpaired) electrons. The molecule has 240 valence electrons. The van der Waals surface area contributed by atoms with Crippen molar-refractivity contribution >= 4 is 32.8 Å². The molecule has 1 saturated heterocycles. The van der Waals surface area contributed by atoms with E-state index in [2.05, 4.69) is 14.9 Å². The van der Waals surface area contributed by atoms with Crippen molar-refractivity contribution in [3.63, 3.8) is 0 Å². The van der Waals surface area contributed by atoms with Gasteiger partial charge in [0.15, 0.2) is 15.7 Å². The molecule has 4 aromatic rings. The molecule has 0 atom stereocenters. The van der Waals surface area contributed by atoms with E-state index in [1.807, 2.05) is 27.8 Å². The number of rotatable bonds is 8. The van der Waals surface area contributed by atoms with Crippen molar-refractivity contribution in [2.24, 2.45) is 0 Å². The fraction of sp³-hybridized carbons (Fsp3) is 0.438. The highest BCUT2D eigenvalue weighted by atomic mass is 32.2. The molecule has 0 N–H and O–H groups in total. The van der Waals surface area contributed by atoms with Gasteiger partial charge < -0.3 is 19.1 Å². The number of carbonyl (C=O) groups is 1. The molecule has 45 heavy (non-hydrogen) atoms. The molecular weight excluding hydrogens is 602 g/mol. The first-order chi connectivity index (χ1) is 21.3. The Morgan fingerprint density at radius 3 is 2.42 bits per heavy atom. The van der Waals surface area contributed by atoms with Crippen molar-refractivity contribution in [2.75, 3.05) is 30.8 Å². The third-order valence-electron chi connectivity index (χ3n) is 7.81. The minimum absolute atomic E-state index is 0.0933. The van der Waals surface area contributed by atoms with Crippen LogP contribution in [-0.4, -0.2) is 76.5 Å². The van der Waals surface area contributed by atoms with E-state index in [0.29, 0.717) is 60.3 Å². The lowest BCUT2D eigenvalue weighted by molar-refractivity contribution is 0.0205. The summed E-state index contributed by atoms with van der Waals surface area (Å²) in [6.45, 7) is 8.34. The maximum atomic E-state index is 15.9. The van der Waals surface area contributed by atoms with Crippen molar-refractivity contribution in [3.8, 4) is 16.8 Å². The van der Waals surface area contributed by atoms with Crippen LogP contribution in [0.2, 0.25) is 0 Å². The minimum atomic E-state index is -3.58. The van der Waals surface area contributed by atoms with Gasteiger partial charge in [0.1, 0.15) is 29.3 Å². The van der Waals surface area contributed by atoms with Crippen LogP contribution in [0.3, 0.4) is 0 Å². The predicted octanol–water partition coefficient (Wildman–Crippen LogP) is 5.92. The number of amides is 1. The second-order valence-corrected chi connectivity index (χ2v) is 14.5. The third kappa shape index (κ3) is 7.08. The van der Waals surface area contributed by atoms with Gasteiger partial charge >= 0.3 is 6.09 Å². The van der Waals surface area contributed by atoms with E-state index in [1.165, 1.54) is 17.0 Å². The number of nitrogens with zero attached hydrogens (tertiary/aromatic N) is 6. The Morgan fingerprint density at radius 1 is 1.09 bits per heavy atom. The highest BCUT2D eigenvalue weighted by Gasteiger charge is 2.30. The van der Waals surface area contributed by atoms with Gasteiger partial charge in [-0.3, -0.25) is 0 Å². The Bertz CT molecular complexity index is 1800. The van der Waals surface area contributed by atoms with Crippen LogP contribution in [0.5, 0.6) is 0 Å². The minimum Gasteiger partial charge on any atom is -0.444 e. The largest absolute Gasteiger partial charge is 0.444 e. The van der Waals surface area contributed by atoms with Gasteiger partial charge in [0.2, 0.25) is 0 Å². The van der Waals surface area contributed by atoms with Crippen molar-refractivity contribution in [2.45, 2.75) is 64.4 Å². The summed E-state index contributed by atoms with van der Waals surface area (Å²) in [5.74, 6) is -1.76. The molecule has 13 heteroatoms. The standard InChI is InChI=1S/C32H38F2N6O4S/c1-6-15-45(42,43)19-21-7-8-25(33)30(28(21)34)40-18-24(22-16-35-20-36-17-22)29-26(40)9-10-27(37-29)38(5)23-11-13-39(14-12-23)31(41)44-32(2,3)4/h7-10,16-18,20,23H,6,11-15,19H2,1-5H3. The van der Waals surface area contributed by atoms with Crippen LogP contribution >= 0.6 is 0 Å². The smallest absolute Gasteiger partial charge is 0.410 e. The van der Waals surface area contributed by atoms with Crippen molar-refractivity contribution in [3.05, 3.63) is 66.4 Å². The molecule has 5 rings (SSSR count). The van der Waals surface area contributed by atoms with Gasteiger partial charge in [-0.25, -0.2) is 36.9 Å². The van der Waals surface area contributed by atoms with E-state index >= 15 is 8.78 Å². The Morgan fingerprint density at radius 2 is 1.78 bits per heavy atom. The van der Waals surface area contributed by atoms with Crippen LogP contribution in [0.1, 0.15) is 52.5 Å². The zero-order valence-corrected chi connectivity index (χ0v) is 26.9. The number of hydrogen-bond donors (Lipinski definition) is 0. The number of halogens is 2. The van der Waals surface area contributed by atoms with E-state index in [1.54, 1.807) is 42.5 Å². The van der Waals surface area contributed by atoms with Crippen LogP contribution in [-0.2, 0) is 20.3 Å². The van der Waals surface area contributed by atoms with Gasteiger partial charge in [0.05, 0.1) is 22.5 Å². The van der Waals surface area contributed by atoms with Gasteiger partial charge in [-0.1, -0.05) is 13.0 Å². The molecule has 0 bridgehead atoms. The molecule has 1 amide bonds. The summed E-state index contributed by atoms with van der Waals surface area (Å²) in [5, 5.41) is 0. The Kier molecular flexibility index (Phi) is 9.11. The second kappa shape index (κ2) is 12.7. The van der Waals surface area contributed by atoms with E-state index in [0.717, 1.165) is 6.07 Å². The number of anilines is 1. The maximum Gasteiger partial charge on any atom is 0.410 e. The predicted molar refractivity (Wildman–Crippen MR) is 169 cm³/mol. The monoisotopic (exact) mass is 640 g/mol. The SMILES string of the molecule is CCCS(=O)(=O)Cc1ccc(F)c(-n2cc(-c3cncnc3)c3nc(N(C)C4CCN(C(=O)OC(C)(C)C)CC4)ccc32)c1F. The summed E-state index contributed by atoms with van der Waals surface area (Å²) < 4.78 is 63.2. The number of hydrogen-bond acceptors (Lipinski definition) is 8. The molecule has 1 aliphatic rings. The average Bonchev–Trinajstić information content (AvgIpc) is 3.36. The topological polar surface area (TPSA) is 111 Å². The van der Waals surface area contributed by atoms with Crippen molar-refractivity contribution in [1.82, 2.24) is 24.4 Å². The molecule has 10 nitrogen and oxygen atoms in total. The number of ether oxygens (including phenoxy) is 1. The number of aromatic nitrogens is 4. The first-order valence-electron chi connectivity index (χ1n) is 14.9. The maximum absolute atomic E-state index is 15.9. The van der Waals surface area contributed by atoms with Gasteiger partial charge in [0.25, 0.3) is 0 Å². The first kappa shape index (κ1) is 32.3. The Labute approximate surface area is 262 Å². The van der Waals surface area contributed by atoms with Gasteiger partial charge in [-0.05, 0) is 58.2 Å². The van der Waals surface area contributed by atoms with E-state index in [4.69, 9.17) is 9.72 Å². The average molecular weight is 641 g/mol. The number of fused-ring (bicyclic) bond motifs is 1. The molecule has 3 aromatic heterocycles. The summed E-state index contributed by atoms with van der Waals surface area (Å²) >= 11 is 0. The number of benzene rings is 1. The molecular formula is C32H38F2N6O4S. The lowest BCUT2D eigenvalue weighted by atomic mass is 10.0. The number of piperidine rings is 1. The molecule has 1 fully saturated rings. The van der Waals surface area contributed by atoms with E-state index in [9.17, 15) is 13.2 Å². The zero-order chi connectivity index (χ0) is 32.5. The molecule has 1 aromatic carbocycles. The summed E-state index contributed by atoms with van der Waals surface area (Å²) in [5.41, 5.74) is 1.01. The number of carbonyl (C=O) groups excluding carboxylic acids is 1. The van der Waals surface area contributed by atoms with Gasteiger partial charge in [-0.2, -0.15) is 0 Å². The van der Waals surface area contributed by atoms with Crippen molar-refractivity contribution < 1.29 is 26.7 Å². The van der Waals surface area contributed by atoms with E-state index in [-0.39, 0.29) is 29.1 Å². The highest BCUT2D eigenvalue weighted by molar-refractivity contribution is 7.90. The van der Waals surface area contributed by atoms with Crippen molar-refractivity contribution in [1.29, 1.82) is 0 Å². The lowest BCUT2D eigenvalue weighted by Crippen LogP contribution is -2.47. The fourth-order valence-electron chi connectivity index (χ4n) is 5.61. The van der Waals surface area contributed by atoms with Crippen LogP contribution in [0.25, 0.3) is 27.8 Å². The molecule has 0 spiro atoms. The van der Waals surface area contributed by atoms with Crippen LogP contribution in [0.15, 0.2) is 49.2 Å². The number of likely N-dealkylation sites (tertiary alicyclic amines) is 1. The molecule has 0 unspecified atom stereocenters. The summed E-state index contributed by atoms with van der Waals surface area (Å²) in [4.78, 5) is 29.5. The third-order valence-corrected chi connectivity index (χ3v) is 9.59. The van der Waals surface area contributed by atoms with Crippen LogP contribution < -0.4 is 4.90 Å². The van der Waals surface area contributed by atoms with Gasteiger partial charge in [-0.15, -0.1) is 0 Å². The first-order valence-corrected chi connectivity index (χ1v) is 16.8. The normalized spacial score (nSPS) is 14.6. The van der Waals surface area contributed by atoms with Crippen LogP contribution in [0.4, 0.5) is 19.4 Å². The Hall–Kier alpha value is -4.13. The molecule has 1 aliphatic heterocycles. The summed E-state index contributed by atoms with van der Waals surface area (Å²) in [7, 11) is -1.64. The highest BCUT2D eigenvalue weighted by Crippen LogP contribution is 2.35. The quantitative estimate of drug-likeness (QED) is 0.233. The second-order valence-electron chi connectivity index (χ2n) is 12.3. The molecule has 4 heterocycles. The zero-order valence-electron chi connectivity index (χ0n) is 26.1. The summed E-state index contributed by atoms with van der Waals surface area (Å²) in [6, 6.07) is 5.90. The fourth-order valence-corrected chi connectivity index (χ4v) is 7.07.